The van der Waals surface area contributed by atoms with E-state index in [0.717, 1.165) is 30.3 Å². The predicted molar refractivity (Wildman–Crippen MR) is 156 cm³/mol. The highest BCUT2D eigenvalue weighted by Gasteiger charge is 2.22. The Morgan fingerprint density at radius 2 is 2.12 bits per heavy atom. The van der Waals surface area contributed by atoms with Gasteiger partial charge in [-0.15, -0.1) is 0 Å². The molecule has 11 nitrogen and oxygen atoms in total. The van der Waals surface area contributed by atoms with Gasteiger partial charge in [0.05, 0.1) is 36.1 Å². The van der Waals surface area contributed by atoms with Crippen LogP contribution in [0.15, 0.2) is 49.2 Å². The number of nitrogens with zero attached hydrogens (tertiary/aromatic N) is 5. The van der Waals surface area contributed by atoms with Crippen molar-refractivity contribution in [3.8, 4) is 22.9 Å². The number of pyridine rings is 1. The molecule has 0 aliphatic carbocycles. The van der Waals surface area contributed by atoms with Crippen LogP contribution in [-0.4, -0.2) is 55.4 Å². The van der Waals surface area contributed by atoms with Crippen LogP contribution >= 0.6 is 0 Å². The molecule has 2 bridgehead atoms. The van der Waals surface area contributed by atoms with Gasteiger partial charge in [0.2, 0.25) is 17.7 Å². The zero-order valence-corrected chi connectivity index (χ0v) is 23.6. The molecule has 1 aliphatic heterocycles. The Morgan fingerprint density at radius 1 is 1.27 bits per heavy atom. The SMILES string of the molecule is C=CC(=O)NCC(CC)Oc1cccc2nc3n(c12)CCCCCOc1c(cnn1C)-c1cc(cc(C)n1)C(=O)N3. The molecule has 4 aromatic rings. The number of carbonyl (C=O) groups is 2. The number of fused-ring (bicyclic) bond motifs is 7. The summed E-state index contributed by atoms with van der Waals surface area (Å²) >= 11 is 0. The first-order valence-corrected chi connectivity index (χ1v) is 13.9. The first-order chi connectivity index (χ1) is 19.9. The fourth-order valence-electron chi connectivity index (χ4n) is 4.90. The van der Waals surface area contributed by atoms with E-state index in [0.29, 0.717) is 66.2 Å². The summed E-state index contributed by atoms with van der Waals surface area (Å²) in [5, 5.41) is 10.2. The molecule has 11 heteroatoms. The Hall–Kier alpha value is -4.67. The average Bonchev–Trinajstić information content (AvgIpc) is 3.51. The molecule has 0 fully saturated rings. The van der Waals surface area contributed by atoms with E-state index in [1.807, 2.05) is 43.7 Å². The minimum Gasteiger partial charge on any atom is -0.486 e. The fourth-order valence-corrected chi connectivity index (χ4v) is 4.90. The topological polar surface area (TPSA) is 125 Å². The maximum absolute atomic E-state index is 13.6. The lowest BCUT2D eigenvalue weighted by Gasteiger charge is -2.19. The van der Waals surface area contributed by atoms with Crippen LogP contribution in [0.2, 0.25) is 0 Å². The van der Waals surface area contributed by atoms with E-state index < -0.39 is 0 Å². The number of ether oxygens (including phenoxy) is 2. The van der Waals surface area contributed by atoms with Crippen LogP contribution in [0.4, 0.5) is 5.95 Å². The molecular formula is C30H35N7O4. The maximum atomic E-state index is 13.6. The van der Waals surface area contributed by atoms with Crippen LogP contribution in [0.25, 0.3) is 22.3 Å². The summed E-state index contributed by atoms with van der Waals surface area (Å²) < 4.78 is 16.2. The fraction of sp³-hybridized carbons (Fsp3) is 0.367. The standard InChI is InChI=1S/C30H35N7O4/c1-5-21(17-31-26(38)6-2)41-25-12-10-11-23-27(25)37-13-8-7-9-14-40-29-22(18-32-36(29)4)24-16-20(15-19(3)33-24)28(39)35-30(37)34-23/h6,10-12,15-16,18,21H,2,5,7-9,13-14,17H2,1,3-4H3,(H,31,38)(H,34,35,39). The molecule has 1 unspecified atom stereocenters. The molecule has 0 radical (unpaired) electrons. The third kappa shape index (κ3) is 6.08. The van der Waals surface area contributed by atoms with Crippen molar-refractivity contribution in [1.29, 1.82) is 0 Å². The Balaban J connectivity index is 1.52. The van der Waals surface area contributed by atoms with Crippen LogP contribution in [0, 0.1) is 6.92 Å². The van der Waals surface area contributed by atoms with Crippen molar-refractivity contribution < 1.29 is 19.1 Å². The minimum absolute atomic E-state index is 0.248. The van der Waals surface area contributed by atoms with Crippen LogP contribution in [0.3, 0.4) is 0 Å². The van der Waals surface area contributed by atoms with E-state index in [-0.39, 0.29) is 17.9 Å². The maximum Gasteiger partial charge on any atom is 0.258 e. The zero-order valence-electron chi connectivity index (χ0n) is 23.6. The highest BCUT2D eigenvalue weighted by molar-refractivity contribution is 6.05. The molecule has 1 atom stereocenters. The van der Waals surface area contributed by atoms with E-state index in [1.165, 1.54) is 6.08 Å². The van der Waals surface area contributed by atoms with Crippen molar-refractivity contribution in [1.82, 2.24) is 29.6 Å². The number of rotatable bonds is 6. The second-order valence-electron chi connectivity index (χ2n) is 10.0. The monoisotopic (exact) mass is 557 g/mol. The van der Waals surface area contributed by atoms with Crippen LogP contribution < -0.4 is 20.1 Å². The van der Waals surface area contributed by atoms with Gasteiger partial charge in [-0.2, -0.15) is 5.10 Å². The Kier molecular flexibility index (Phi) is 8.32. The van der Waals surface area contributed by atoms with Crippen LogP contribution in [0.5, 0.6) is 11.6 Å². The third-order valence-electron chi connectivity index (χ3n) is 7.03. The van der Waals surface area contributed by atoms with Crippen LogP contribution in [0.1, 0.15) is 48.7 Å². The summed E-state index contributed by atoms with van der Waals surface area (Å²) in [6.07, 6.45) is 5.98. The molecular weight excluding hydrogens is 522 g/mol. The van der Waals surface area contributed by atoms with Crippen molar-refractivity contribution in [3.63, 3.8) is 0 Å². The number of aryl methyl sites for hydroxylation is 3. The van der Waals surface area contributed by atoms with Crippen molar-refractivity contribution in [3.05, 3.63) is 60.4 Å². The minimum atomic E-state index is -0.296. The summed E-state index contributed by atoms with van der Waals surface area (Å²) in [5.41, 5.74) is 4.01. The normalized spacial score (nSPS) is 14.5. The number of imidazole rings is 1. The number of hydrogen-bond donors (Lipinski definition) is 2. The quantitative estimate of drug-likeness (QED) is 0.336. The van der Waals surface area contributed by atoms with Gasteiger partial charge in [0.1, 0.15) is 17.4 Å². The number of anilines is 1. The van der Waals surface area contributed by atoms with E-state index in [9.17, 15) is 9.59 Å². The average molecular weight is 558 g/mol. The third-order valence-corrected chi connectivity index (χ3v) is 7.03. The van der Waals surface area contributed by atoms with Gasteiger partial charge >= 0.3 is 0 Å². The lowest BCUT2D eigenvalue weighted by molar-refractivity contribution is -0.116. The Bertz CT molecular complexity index is 1590. The largest absolute Gasteiger partial charge is 0.486 e. The summed E-state index contributed by atoms with van der Waals surface area (Å²) in [6, 6.07) is 9.17. The number of aromatic nitrogens is 5. The summed E-state index contributed by atoms with van der Waals surface area (Å²) in [4.78, 5) is 34.8. The molecule has 2 amide bonds. The predicted octanol–water partition coefficient (Wildman–Crippen LogP) is 4.41. The molecule has 2 N–H and O–H groups in total. The van der Waals surface area contributed by atoms with Gasteiger partial charge in [-0.05, 0) is 62.9 Å². The van der Waals surface area contributed by atoms with Crippen molar-refractivity contribution in [2.75, 3.05) is 18.5 Å². The van der Waals surface area contributed by atoms with E-state index in [4.69, 9.17) is 14.5 Å². The molecule has 4 heterocycles. The summed E-state index contributed by atoms with van der Waals surface area (Å²) in [5.74, 6) is 1.16. The van der Waals surface area contributed by atoms with E-state index >= 15 is 0 Å². The van der Waals surface area contributed by atoms with E-state index in [1.54, 1.807) is 23.0 Å². The number of carbonyl (C=O) groups excluding carboxylic acids is 2. The first-order valence-electron chi connectivity index (χ1n) is 13.9. The molecule has 0 saturated carbocycles. The first kappa shape index (κ1) is 27.9. The van der Waals surface area contributed by atoms with Crippen molar-refractivity contribution >= 4 is 28.8 Å². The van der Waals surface area contributed by atoms with Gasteiger partial charge in [-0.1, -0.05) is 19.6 Å². The second kappa shape index (κ2) is 12.2. The second-order valence-corrected chi connectivity index (χ2v) is 10.0. The molecule has 1 aliphatic rings. The number of benzene rings is 1. The van der Waals surface area contributed by atoms with Crippen molar-refractivity contribution in [2.45, 2.75) is 52.2 Å². The molecule has 41 heavy (non-hydrogen) atoms. The molecule has 0 spiro atoms. The molecule has 5 rings (SSSR count). The molecule has 0 saturated heterocycles. The summed E-state index contributed by atoms with van der Waals surface area (Å²) in [6.45, 7) is 8.86. The smallest absolute Gasteiger partial charge is 0.258 e. The van der Waals surface area contributed by atoms with Gasteiger partial charge < -0.3 is 19.4 Å². The highest BCUT2D eigenvalue weighted by atomic mass is 16.5. The Morgan fingerprint density at radius 3 is 2.93 bits per heavy atom. The van der Waals surface area contributed by atoms with Crippen molar-refractivity contribution in [2.24, 2.45) is 7.05 Å². The van der Waals surface area contributed by atoms with Gasteiger partial charge in [-0.3, -0.25) is 19.9 Å². The lowest BCUT2D eigenvalue weighted by atomic mass is 10.1. The Labute approximate surface area is 238 Å². The molecule has 214 valence electrons. The lowest BCUT2D eigenvalue weighted by Crippen LogP contribution is -2.34. The van der Waals surface area contributed by atoms with Gasteiger partial charge in [0, 0.05) is 24.8 Å². The zero-order chi connectivity index (χ0) is 28.9. The number of amides is 2. The highest BCUT2D eigenvalue weighted by Crippen LogP contribution is 2.32. The molecule has 3 aromatic heterocycles. The van der Waals surface area contributed by atoms with Crippen LogP contribution in [-0.2, 0) is 18.4 Å². The summed E-state index contributed by atoms with van der Waals surface area (Å²) in [7, 11) is 1.83. The van der Waals surface area contributed by atoms with Gasteiger partial charge in [0.15, 0.2) is 0 Å². The number of nitrogens with one attached hydrogen (secondary N) is 2. The number of hydrogen-bond acceptors (Lipinski definition) is 7. The van der Waals surface area contributed by atoms with E-state index in [2.05, 4.69) is 27.3 Å². The molecule has 1 aromatic carbocycles. The number of para-hydroxylation sites is 1. The van der Waals surface area contributed by atoms with Gasteiger partial charge in [-0.25, -0.2) is 9.67 Å². The van der Waals surface area contributed by atoms with Gasteiger partial charge in [0.25, 0.3) is 5.91 Å².